The van der Waals surface area contributed by atoms with Crippen molar-refractivity contribution < 1.29 is 4.79 Å². The fourth-order valence-electron chi connectivity index (χ4n) is 3.19. The Labute approximate surface area is 133 Å². The summed E-state index contributed by atoms with van der Waals surface area (Å²) >= 11 is 3.43. The lowest BCUT2D eigenvalue weighted by atomic mass is 9.87. The standard InChI is InChI=1S/C17H19BrN2O/c1-19-11-13(18)10-16(19)17(21)20(2)15-9-5-7-12-6-3-4-8-14(12)15/h3-4,6,8,10-11,15H,5,7,9H2,1-2H3. The molecule has 21 heavy (non-hydrogen) atoms. The van der Waals surface area contributed by atoms with Crippen LogP contribution in [0.3, 0.4) is 0 Å². The molecule has 1 aromatic heterocycles. The maximum absolute atomic E-state index is 12.8. The highest BCUT2D eigenvalue weighted by atomic mass is 79.9. The highest BCUT2D eigenvalue weighted by molar-refractivity contribution is 9.10. The Morgan fingerprint density at radius 2 is 2.14 bits per heavy atom. The minimum Gasteiger partial charge on any atom is -0.345 e. The average Bonchev–Trinajstić information content (AvgIpc) is 2.84. The van der Waals surface area contributed by atoms with Gasteiger partial charge in [-0.05, 0) is 52.4 Å². The van der Waals surface area contributed by atoms with Crippen LogP contribution in [-0.2, 0) is 13.5 Å². The van der Waals surface area contributed by atoms with Crippen LogP contribution in [0, 0.1) is 0 Å². The minimum atomic E-state index is 0.0740. The quantitative estimate of drug-likeness (QED) is 0.808. The predicted molar refractivity (Wildman–Crippen MR) is 87.3 cm³/mol. The van der Waals surface area contributed by atoms with Crippen molar-refractivity contribution in [3.05, 3.63) is 57.8 Å². The van der Waals surface area contributed by atoms with Gasteiger partial charge in [0.15, 0.2) is 0 Å². The van der Waals surface area contributed by atoms with Crippen molar-refractivity contribution in [3.63, 3.8) is 0 Å². The smallest absolute Gasteiger partial charge is 0.270 e. The first-order valence-electron chi connectivity index (χ1n) is 7.24. The second-order valence-electron chi connectivity index (χ2n) is 5.68. The molecule has 1 aromatic carbocycles. The van der Waals surface area contributed by atoms with Gasteiger partial charge in [-0.2, -0.15) is 0 Å². The van der Waals surface area contributed by atoms with Crippen LogP contribution in [0.5, 0.6) is 0 Å². The van der Waals surface area contributed by atoms with Crippen molar-refractivity contribution >= 4 is 21.8 Å². The van der Waals surface area contributed by atoms with Crippen molar-refractivity contribution in [2.24, 2.45) is 7.05 Å². The zero-order valence-electron chi connectivity index (χ0n) is 12.3. The number of hydrogen-bond donors (Lipinski definition) is 0. The normalized spacial score (nSPS) is 17.4. The summed E-state index contributed by atoms with van der Waals surface area (Å²) in [6.45, 7) is 0. The molecule has 4 heteroatoms. The van der Waals surface area contributed by atoms with Crippen molar-refractivity contribution in [1.82, 2.24) is 9.47 Å². The highest BCUT2D eigenvalue weighted by Gasteiger charge is 2.28. The van der Waals surface area contributed by atoms with Gasteiger partial charge in [0.1, 0.15) is 5.69 Å². The van der Waals surface area contributed by atoms with E-state index in [0.29, 0.717) is 5.69 Å². The maximum Gasteiger partial charge on any atom is 0.270 e. The molecule has 0 fully saturated rings. The molecule has 1 unspecified atom stereocenters. The van der Waals surface area contributed by atoms with Gasteiger partial charge in [-0.1, -0.05) is 24.3 Å². The summed E-state index contributed by atoms with van der Waals surface area (Å²) in [5.74, 6) is 0.0740. The number of aromatic nitrogens is 1. The van der Waals surface area contributed by atoms with Crippen molar-refractivity contribution in [1.29, 1.82) is 0 Å². The van der Waals surface area contributed by atoms with Gasteiger partial charge >= 0.3 is 0 Å². The molecule has 1 amide bonds. The van der Waals surface area contributed by atoms with Crippen LogP contribution in [-0.4, -0.2) is 22.4 Å². The van der Waals surface area contributed by atoms with Crippen molar-refractivity contribution in [2.45, 2.75) is 25.3 Å². The first-order valence-corrected chi connectivity index (χ1v) is 8.04. The molecule has 0 N–H and O–H groups in total. The number of hydrogen-bond acceptors (Lipinski definition) is 1. The molecule has 0 radical (unpaired) electrons. The van der Waals surface area contributed by atoms with Gasteiger partial charge in [0, 0.05) is 24.8 Å². The second-order valence-corrected chi connectivity index (χ2v) is 6.59. The zero-order valence-corrected chi connectivity index (χ0v) is 13.9. The van der Waals surface area contributed by atoms with Crippen LogP contribution in [0.4, 0.5) is 0 Å². The first-order chi connectivity index (χ1) is 10.1. The number of halogens is 1. The van der Waals surface area contributed by atoms with Gasteiger partial charge in [0.05, 0.1) is 6.04 Å². The Kier molecular flexibility index (Phi) is 3.89. The summed E-state index contributed by atoms with van der Waals surface area (Å²) in [5.41, 5.74) is 3.39. The third kappa shape index (κ3) is 2.64. The summed E-state index contributed by atoms with van der Waals surface area (Å²) in [5, 5.41) is 0. The number of carbonyl (C=O) groups excluding carboxylic acids is 1. The topological polar surface area (TPSA) is 25.2 Å². The Morgan fingerprint density at radius 1 is 1.38 bits per heavy atom. The Balaban J connectivity index is 1.91. The SMILES string of the molecule is CN(C(=O)c1cc(Br)cn1C)C1CCCc2ccccc21. The Morgan fingerprint density at radius 3 is 2.86 bits per heavy atom. The number of nitrogens with zero attached hydrogens (tertiary/aromatic N) is 2. The monoisotopic (exact) mass is 346 g/mol. The molecule has 3 rings (SSSR count). The van der Waals surface area contributed by atoms with Crippen molar-refractivity contribution in [2.75, 3.05) is 7.05 Å². The lowest BCUT2D eigenvalue weighted by Gasteiger charge is -2.33. The number of fused-ring (bicyclic) bond motifs is 1. The molecule has 0 spiro atoms. The lowest BCUT2D eigenvalue weighted by molar-refractivity contribution is 0.0705. The minimum absolute atomic E-state index is 0.0740. The van der Waals surface area contributed by atoms with Gasteiger partial charge < -0.3 is 9.47 Å². The van der Waals surface area contributed by atoms with Crippen LogP contribution in [0.25, 0.3) is 0 Å². The van der Waals surface area contributed by atoms with E-state index >= 15 is 0 Å². The third-order valence-electron chi connectivity index (χ3n) is 4.32. The van der Waals surface area contributed by atoms with Crippen LogP contribution < -0.4 is 0 Å². The molecule has 110 valence electrons. The van der Waals surface area contributed by atoms with E-state index in [1.54, 1.807) is 0 Å². The van der Waals surface area contributed by atoms with Crippen LogP contribution in [0.15, 0.2) is 41.0 Å². The molecule has 1 aliphatic carbocycles. The molecule has 1 aliphatic rings. The van der Waals surface area contributed by atoms with Gasteiger partial charge in [-0.15, -0.1) is 0 Å². The van der Waals surface area contributed by atoms with E-state index in [0.717, 1.165) is 23.7 Å². The zero-order chi connectivity index (χ0) is 15.0. The maximum atomic E-state index is 12.8. The van der Waals surface area contributed by atoms with Gasteiger partial charge in [0.2, 0.25) is 0 Å². The molecule has 1 atom stereocenters. The van der Waals surface area contributed by atoms with Crippen LogP contribution >= 0.6 is 15.9 Å². The lowest BCUT2D eigenvalue weighted by Crippen LogP contribution is -2.34. The average molecular weight is 347 g/mol. The van der Waals surface area contributed by atoms with E-state index in [2.05, 4.69) is 40.2 Å². The summed E-state index contributed by atoms with van der Waals surface area (Å²) in [7, 11) is 3.82. The number of amides is 1. The number of rotatable bonds is 2. The summed E-state index contributed by atoms with van der Waals surface area (Å²) in [6, 6.07) is 10.5. The largest absolute Gasteiger partial charge is 0.345 e. The van der Waals surface area contributed by atoms with Gasteiger partial charge in [0.25, 0.3) is 5.91 Å². The van der Waals surface area contributed by atoms with E-state index in [4.69, 9.17) is 0 Å². The van der Waals surface area contributed by atoms with E-state index < -0.39 is 0 Å². The number of carbonyl (C=O) groups is 1. The first kappa shape index (κ1) is 14.4. The van der Waals surface area contributed by atoms with E-state index in [1.807, 2.05) is 35.8 Å². The number of aryl methyl sites for hydroxylation is 2. The molecule has 3 nitrogen and oxygen atoms in total. The van der Waals surface area contributed by atoms with Crippen LogP contribution in [0.1, 0.15) is 40.5 Å². The fourth-order valence-corrected chi connectivity index (χ4v) is 3.71. The van der Waals surface area contributed by atoms with E-state index in [9.17, 15) is 4.79 Å². The molecule has 0 saturated heterocycles. The summed E-state index contributed by atoms with van der Waals surface area (Å²) < 4.78 is 2.81. The number of benzene rings is 1. The molecule has 0 saturated carbocycles. The molecule has 0 aliphatic heterocycles. The predicted octanol–water partition coefficient (Wildman–Crippen LogP) is 3.94. The van der Waals surface area contributed by atoms with Crippen LogP contribution in [0.2, 0.25) is 0 Å². The third-order valence-corrected chi connectivity index (χ3v) is 4.75. The van der Waals surface area contributed by atoms with Crippen molar-refractivity contribution in [3.8, 4) is 0 Å². The van der Waals surface area contributed by atoms with Gasteiger partial charge in [-0.25, -0.2) is 0 Å². The summed E-state index contributed by atoms with van der Waals surface area (Å²) in [4.78, 5) is 14.7. The Bertz CT molecular complexity index is 677. The second kappa shape index (κ2) is 5.68. The van der Waals surface area contributed by atoms with Gasteiger partial charge in [-0.3, -0.25) is 4.79 Å². The fraction of sp³-hybridized carbons (Fsp3) is 0.353. The molecule has 2 aromatic rings. The van der Waals surface area contributed by atoms with E-state index in [-0.39, 0.29) is 11.9 Å². The molecule has 0 bridgehead atoms. The molecule has 1 heterocycles. The highest BCUT2D eigenvalue weighted by Crippen LogP contribution is 2.34. The summed E-state index contributed by atoms with van der Waals surface area (Å²) in [6.07, 6.45) is 5.20. The molecular weight excluding hydrogens is 328 g/mol. The van der Waals surface area contributed by atoms with E-state index in [1.165, 1.54) is 11.1 Å². The molecular formula is C17H19BrN2O. The Hall–Kier alpha value is -1.55.